The average Bonchev–Trinajstić information content (AvgIpc) is 3.29. The summed E-state index contributed by atoms with van der Waals surface area (Å²) in [5.41, 5.74) is 7.08. The highest BCUT2D eigenvalue weighted by Crippen LogP contribution is 2.32. The molecule has 0 saturated carbocycles. The first-order chi connectivity index (χ1) is 19.4. The van der Waals surface area contributed by atoms with Gasteiger partial charge >= 0.3 is 0 Å². The van der Waals surface area contributed by atoms with Gasteiger partial charge in [-0.1, -0.05) is 86.2 Å². The molecular weight excluding hydrogens is 500 g/mol. The molecule has 0 bridgehead atoms. The van der Waals surface area contributed by atoms with Gasteiger partial charge in [0.2, 0.25) is 0 Å². The standard InChI is InChI=1S/C23H24O.C13H17F2N.H2/c1-3-19-11-7-9-15-23(19)24-17-21-13-6-8-14-22(21)20-12-5-4-10-18(2)16-20;1-9-8-16-5-4-13(9)10-6-11(14)2-3-12(15)7-10;/h5-16H,3-4,17H2,1-2H3;2,6-7,9,13,16H,3-5,8H2,1H3;1H/t;9?,13-;/m.0./s1. The van der Waals surface area contributed by atoms with Crippen LogP contribution in [0.5, 0.6) is 5.75 Å². The minimum Gasteiger partial charge on any atom is -0.489 e. The summed E-state index contributed by atoms with van der Waals surface area (Å²) >= 11 is 0. The van der Waals surface area contributed by atoms with Gasteiger partial charge in [0.15, 0.2) is 0 Å². The number of rotatable bonds is 6. The van der Waals surface area contributed by atoms with Crippen molar-refractivity contribution in [3.8, 4) is 5.75 Å². The minimum absolute atomic E-state index is 0. The monoisotopic (exact) mass is 543 g/mol. The molecule has 1 aliphatic heterocycles. The fourth-order valence-corrected chi connectivity index (χ4v) is 5.41. The molecule has 4 heteroatoms. The van der Waals surface area contributed by atoms with E-state index in [0.29, 0.717) is 12.5 Å². The summed E-state index contributed by atoms with van der Waals surface area (Å²) in [6.45, 7) is 8.86. The second kappa shape index (κ2) is 14.8. The van der Waals surface area contributed by atoms with Gasteiger partial charge in [-0.15, -0.1) is 0 Å². The van der Waals surface area contributed by atoms with Crippen molar-refractivity contribution < 1.29 is 14.9 Å². The highest BCUT2D eigenvalue weighted by Gasteiger charge is 2.24. The highest BCUT2D eigenvalue weighted by atomic mass is 19.1. The van der Waals surface area contributed by atoms with Crippen LogP contribution in [-0.2, 0) is 13.0 Å². The van der Waals surface area contributed by atoms with Crippen LogP contribution >= 0.6 is 0 Å². The second-order valence-electron chi connectivity index (χ2n) is 10.7. The summed E-state index contributed by atoms with van der Waals surface area (Å²) in [4.78, 5) is 0. The lowest BCUT2D eigenvalue weighted by Crippen LogP contribution is -2.35. The number of hydrogen-bond acceptors (Lipinski definition) is 2. The number of benzene rings is 2. The molecule has 1 N–H and O–H groups in total. The van der Waals surface area contributed by atoms with E-state index < -0.39 is 0 Å². The molecule has 2 aliphatic carbocycles. The van der Waals surface area contributed by atoms with Gasteiger partial charge in [0.1, 0.15) is 24.0 Å². The summed E-state index contributed by atoms with van der Waals surface area (Å²) in [5, 5.41) is 3.29. The minimum atomic E-state index is -0.315. The number of allylic oxidation sites excluding steroid dienone is 12. The van der Waals surface area contributed by atoms with Crippen LogP contribution in [0.25, 0.3) is 5.57 Å². The van der Waals surface area contributed by atoms with Gasteiger partial charge in [0.05, 0.1) is 0 Å². The molecule has 1 fully saturated rings. The lowest BCUT2D eigenvalue weighted by Gasteiger charge is -2.30. The van der Waals surface area contributed by atoms with E-state index in [1.54, 1.807) is 0 Å². The van der Waals surface area contributed by atoms with E-state index in [-0.39, 0.29) is 25.4 Å². The second-order valence-corrected chi connectivity index (χ2v) is 10.7. The molecule has 3 aliphatic rings. The van der Waals surface area contributed by atoms with Crippen molar-refractivity contribution in [3.05, 3.63) is 131 Å². The Bertz CT molecular complexity index is 1350. The van der Waals surface area contributed by atoms with Crippen molar-refractivity contribution >= 4 is 5.57 Å². The average molecular weight is 544 g/mol. The number of aryl methyl sites for hydroxylation is 1. The van der Waals surface area contributed by atoms with Crippen LogP contribution in [0.1, 0.15) is 58.2 Å². The van der Waals surface area contributed by atoms with Gasteiger partial charge in [-0.2, -0.15) is 0 Å². The van der Waals surface area contributed by atoms with Crippen LogP contribution in [0.15, 0.2) is 114 Å². The number of halogens is 2. The third-order valence-corrected chi connectivity index (χ3v) is 7.65. The molecule has 2 aromatic carbocycles. The van der Waals surface area contributed by atoms with Crippen LogP contribution in [0.2, 0.25) is 0 Å². The van der Waals surface area contributed by atoms with Crippen molar-refractivity contribution in [2.24, 2.45) is 11.8 Å². The molecule has 40 heavy (non-hydrogen) atoms. The Morgan fingerprint density at radius 3 is 2.55 bits per heavy atom. The zero-order valence-electron chi connectivity index (χ0n) is 23.9. The van der Waals surface area contributed by atoms with E-state index in [4.69, 9.17) is 4.74 Å². The van der Waals surface area contributed by atoms with Gasteiger partial charge in [-0.05, 0) is 103 Å². The summed E-state index contributed by atoms with van der Waals surface area (Å²) in [6, 6.07) is 16.8. The smallest absolute Gasteiger partial charge is 0.122 e. The third-order valence-electron chi connectivity index (χ3n) is 7.65. The van der Waals surface area contributed by atoms with Crippen molar-refractivity contribution in [3.63, 3.8) is 0 Å². The summed E-state index contributed by atoms with van der Waals surface area (Å²) < 4.78 is 32.8. The van der Waals surface area contributed by atoms with E-state index in [0.717, 1.165) is 43.7 Å². The number of ether oxygens (including phenoxy) is 1. The molecule has 0 aromatic heterocycles. The summed E-state index contributed by atoms with van der Waals surface area (Å²) in [6.07, 6.45) is 16.2. The van der Waals surface area contributed by atoms with Crippen LogP contribution in [0, 0.1) is 11.8 Å². The topological polar surface area (TPSA) is 21.3 Å². The fourth-order valence-electron chi connectivity index (χ4n) is 5.41. The number of piperidine rings is 1. The van der Waals surface area contributed by atoms with Crippen molar-refractivity contribution in [1.29, 1.82) is 0 Å². The van der Waals surface area contributed by atoms with E-state index in [9.17, 15) is 8.78 Å². The lowest BCUT2D eigenvalue weighted by atomic mass is 9.81. The molecule has 5 rings (SSSR count). The predicted octanol–water partition coefficient (Wildman–Crippen LogP) is 9.63. The number of hydrogen-bond donors (Lipinski definition) is 1. The van der Waals surface area contributed by atoms with Gasteiger partial charge in [-0.25, -0.2) is 8.78 Å². The fraction of sp³-hybridized carbons (Fsp3) is 0.333. The van der Waals surface area contributed by atoms with Crippen molar-refractivity contribution in [1.82, 2.24) is 5.32 Å². The molecule has 2 aromatic rings. The maximum atomic E-state index is 13.3. The zero-order valence-corrected chi connectivity index (χ0v) is 23.9. The van der Waals surface area contributed by atoms with Crippen LogP contribution in [-0.4, -0.2) is 13.1 Å². The van der Waals surface area contributed by atoms with E-state index in [2.05, 4.69) is 92.9 Å². The molecule has 0 amide bonds. The third kappa shape index (κ3) is 8.25. The molecule has 1 unspecified atom stereocenters. The molecule has 1 heterocycles. The SMILES string of the molecule is CC1CNCC[C@@H]1C1=CC(F)=CCC(F)=C1.CCc1ccccc1OCc1ccccc1C1=CC(C)=CCC=C1.[HH]. The first-order valence-electron chi connectivity index (χ1n) is 14.4. The van der Waals surface area contributed by atoms with Gasteiger partial charge in [0.25, 0.3) is 0 Å². The van der Waals surface area contributed by atoms with Crippen molar-refractivity contribution in [2.75, 3.05) is 13.1 Å². The highest BCUT2D eigenvalue weighted by molar-refractivity contribution is 5.78. The number of nitrogens with one attached hydrogen (secondary N) is 1. The number of para-hydroxylation sites is 1. The van der Waals surface area contributed by atoms with E-state index in [1.165, 1.54) is 46.1 Å². The molecule has 1 saturated heterocycles. The maximum Gasteiger partial charge on any atom is 0.122 e. The zero-order chi connectivity index (χ0) is 28.3. The Morgan fingerprint density at radius 1 is 0.975 bits per heavy atom. The first-order valence-corrected chi connectivity index (χ1v) is 14.4. The van der Waals surface area contributed by atoms with Gasteiger partial charge < -0.3 is 10.1 Å². The Kier molecular flexibility index (Phi) is 10.9. The van der Waals surface area contributed by atoms with E-state index in [1.807, 2.05) is 6.07 Å². The van der Waals surface area contributed by atoms with Gasteiger partial charge in [0, 0.05) is 7.85 Å². The Balaban J connectivity index is 0.000000238. The Labute approximate surface area is 240 Å². The normalized spacial score (nSPS) is 20.9. The first kappa shape index (κ1) is 29.5. The molecule has 0 radical (unpaired) electrons. The lowest BCUT2D eigenvalue weighted by molar-refractivity contribution is 0.303. The molecule has 2 nitrogen and oxygen atoms in total. The van der Waals surface area contributed by atoms with Crippen molar-refractivity contribution in [2.45, 2.75) is 53.1 Å². The Hall–Kier alpha value is -3.50. The summed E-state index contributed by atoms with van der Waals surface area (Å²) in [7, 11) is 0. The molecule has 2 atom stereocenters. The Morgan fingerprint density at radius 2 is 1.75 bits per heavy atom. The predicted molar refractivity (Wildman–Crippen MR) is 165 cm³/mol. The largest absolute Gasteiger partial charge is 0.489 e. The summed E-state index contributed by atoms with van der Waals surface area (Å²) in [5.74, 6) is 1.12. The van der Waals surface area contributed by atoms with Crippen LogP contribution in [0.4, 0.5) is 8.78 Å². The van der Waals surface area contributed by atoms with Crippen LogP contribution < -0.4 is 10.1 Å². The molecule has 212 valence electrons. The molecular formula is C36H43F2NO. The molecule has 0 spiro atoms. The maximum absolute atomic E-state index is 13.3. The van der Waals surface area contributed by atoms with E-state index >= 15 is 0 Å². The van der Waals surface area contributed by atoms with Gasteiger partial charge in [-0.3, -0.25) is 0 Å². The van der Waals surface area contributed by atoms with Crippen LogP contribution in [0.3, 0.4) is 0 Å². The quantitative estimate of drug-likeness (QED) is 0.392.